The molecule has 0 saturated carbocycles. The van der Waals surface area contributed by atoms with E-state index in [1.165, 1.54) is 0 Å². The summed E-state index contributed by atoms with van der Waals surface area (Å²) < 4.78 is 5.24. The number of carbonyl (C=O) groups excluding carboxylic acids is 1. The van der Waals surface area contributed by atoms with E-state index >= 15 is 0 Å². The van der Waals surface area contributed by atoms with Crippen molar-refractivity contribution in [2.75, 3.05) is 6.61 Å². The monoisotopic (exact) mass is 207 g/mol. The van der Waals surface area contributed by atoms with E-state index in [0.29, 0.717) is 17.9 Å². The predicted octanol–water partition coefficient (Wildman–Crippen LogP) is 0.499. The highest BCUT2D eigenvalue weighted by Gasteiger charge is 2.05. The average Bonchev–Trinajstić information content (AvgIpc) is 2.17. The Bertz CT molecular complexity index is 384. The molecule has 0 aliphatic carbocycles. The summed E-state index contributed by atoms with van der Waals surface area (Å²) in [7, 11) is 0. The lowest BCUT2D eigenvalue weighted by molar-refractivity contribution is 0.100. The van der Waals surface area contributed by atoms with Gasteiger partial charge in [0.15, 0.2) is 5.96 Å². The Hall–Kier alpha value is -2.04. The summed E-state index contributed by atoms with van der Waals surface area (Å²) in [5, 5.41) is 0. The predicted molar refractivity (Wildman–Crippen MR) is 57.8 cm³/mol. The number of guanidine groups is 1. The quantitative estimate of drug-likeness (QED) is 0.557. The molecule has 0 aliphatic rings. The van der Waals surface area contributed by atoms with E-state index in [1.54, 1.807) is 24.3 Å². The molecule has 15 heavy (non-hydrogen) atoms. The van der Waals surface area contributed by atoms with Crippen molar-refractivity contribution in [2.45, 2.75) is 6.92 Å². The first-order valence-electron chi connectivity index (χ1n) is 4.50. The first kappa shape index (κ1) is 11.0. The molecule has 0 saturated heterocycles. The highest BCUT2D eigenvalue weighted by molar-refractivity contribution is 6.02. The molecule has 1 aromatic carbocycles. The number of hydrogen-bond donors (Lipinski definition) is 2. The lowest BCUT2D eigenvalue weighted by Gasteiger charge is -2.03. The van der Waals surface area contributed by atoms with Crippen molar-refractivity contribution in [3.63, 3.8) is 0 Å². The fraction of sp³-hybridized carbons (Fsp3) is 0.200. The third-order valence-electron chi connectivity index (χ3n) is 1.62. The molecule has 0 spiro atoms. The second-order valence-corrected chi connectivity index (χ2v) is 2.80. The maximum absolute atomic E-state index is 11.4. The van der Waals surface area contributed by atoms with Crippen LogP contribution in [0.25, 0.3) is 0 Å². The average molecular weight is 207 g/mol. The summed E-state index contributed by atoms with van der Waals surface area (Å²) >= 11 is 0. The number of hydrogen-bond acceptors (Lipinski definition) is 2. The minimum Gasteiger partial charge on any atom is -0.494 e. The third kappa shape index (κ3) is 3.30. The normalized spacial score (nSPS) is 9.40. The van der Waals surface area contributed by atoms with E-state index in [0.717, 1.165) is 0 Å². The molecule has 5 nitrogen and oxygen atoms in total. The molecule has 1 rings (SSSR count). The Balaban J connectivity index is 2.90. The summed E-state index contributed by atoms with van der Waals surface area (Å²) in [6.45, 7) is 2.41. The molecule has 1 amide bonds. The van der Waals surface area contributed by atoms with Crippen molar-refractivity contribution in [3.8, 4) is 5.75 Å². The van der Waals surface area contributed by atoms with Gasteiger partial charge in [0.2, 0.25) is 0 Å². The third-order valence-corrected chi connectivity index (χ3v) is 1.62. The Morgan fingerprint density at radius 1 is 1.47 bits per heavy atom. The van der Waals surface area contributed by atoms with Gasteiger partial charge in [0.25, 0.3) is 5.91 Å². The first-order chi connectivity index (χ1) is 7.13. The largest absolute Gasteiger partial charge is 0.494 e. The van der Waals surface area contributed by atoms with E-state index in [2.05, 4.69) is 4.99 Å². The molecule has 0 bridgehead atoms. The molecule has 0 fully saturated rings. The van der Waals surface area contributed by atoms with Gasteiger partial charge in [0.1, 0.15) is 5.75 Å². The van der Waals surface area contributed by atoms with Crippen LogP contribution in [0.3, 0.4) is 0 Å². The molecule has 0 atom stereocenters. The van der Waals surface area contributed by atoms with Gasteiger partial charge in [-0.25, -0.2) is 0 Å². The van der Waals surface area contributed by atoms with Gasteiger partial charge in [0, 0.05) is 5.56 Å². The van der Waals surface area contributed by atoms with Crippen molar-refractivity contribution in [1.29, 1.82) is 0 Å². The first-order valence-corrected chi connectivity index (χ1v) is 4.50. The summed E-state index contributed by atoms with van der Waals surface area (Å²) in [6.07, 6.45) is 0. The van der Waals surface area contributed by atoms with E-state index in [1.807, 2.05) is 6.92 Å². The van der Waals surface area contributed by atoms with E-state index in [4.69, 9.17) is 16.2 Å². The number of rotatable bonds is 3. The number of benzene rings is 1. The van der Waals surface area contributed by atoms with Crippen LogP contribution in [0, 0.1) is 0 Å². The minimum absolute atomic E-state index is 0.248. The number of nitrogens with two attached hydrogens (primary N) is 2. The molecule has 4 N–H and O–H groups in total. The van der Waals surface area contributed by atoms with Crippen molar-refractivity contribution in [1.82, 2.24) is 0 Å². The van der Waals surface area contributed by atoms with Gasteiger partial charge < -0.3 is 16.2 Å². The maximum atomic E-state index is 11.4. The van der Waals surface area contributed by atoms with Crippen molar-refractivity contribution in [3.05, 3.63) is 29.8 Å². The number of amides is 1. The fourth-order valence-electron chi connectivity index (χ4n) is 1.07. The SMILES string of the molecule is CCOc1cccc(C(=O)N=C(N)N)c1. The summed E-state index contributed by atoms with van der Waals surface area (Å²) in [6, 6.07) is 6.69. The molecule has 0 aromatic heterocycles. The number of aliphatic imine (C=N–C) groups is 1. The van der Waals surface area contributed by atoms with Crippen molar-refractivity contribution < 1.29 is 9.53 Å². The summed E-state index contributed by atoms with van der Waals surface area (Å²) in [4.78, 5) is 14.8. The van der Waals surface area contributed by atoms with Crippen LogP contribution in [0.2, 0.25) is 0 Å². The lowest BCUT2D eigenvalue weighted by Crippen LogP contribution is -2.24. The highest BCUT2D eigenvalue weighted by Crippen LogP contribution is 2.13. The van der Waals surface area contributed by atoms with Crippen LogP contribution in [-0.2, 0) is 0 Å². The molecule has 0 unspecified atom stereocenters. The smallest absolute Gasteiger partial charge is 0.280 e. The zero-order valence-corrected chi connectivity index (χ0v) is 8.43. The molecule has 0 heterocycles. The van der Waals surface area contributed by atoms with Gasteiger partial charge >= 0.3 is 0 Å². The van der Waals surface area contributed by atoms with Gasteiger partial charge in [-0.1, -0.05) is 6.07 Å². The van der Waals surface area contributed by atoms with Crippen molar-refractivity contribution in [2.24, 2.45) is 16.5 Å². The van der Waals surface area contributed by atoms with E-state index in [-0.39, 0.29) is 5.96 Å². The van der Waals surface area contributed by atoms with Crippen LogP contribution >= 0.6 is 0 Å². The summed E-state index contributed by atoms with van der Waals surface area (Å²) in [5.74, 6) is -0.104. The molecule has 80 valence electrons. The van der Waals surface area contributed by atoms with Crippen LogP contribution in [0.4, 0.5) is 0 Å². The van der Waals surface area contributed by atoms with Crippen LogP contribution in [0.1, 0.15) is 17.3 Å². The molecular weight excluding hydrogens is 194 g/mol. The fourth-order valence-corrected chi connectivity index (χ4v) is 1.07. The Kier molecular flexibility index (Phi) is 3.68. The molecule has 0 aliphatic heterocycles. The Morgan fingerprint density at radius 3 is 2.80 bits per heavy atom. The van der Waals surface area contributed by atoms with Crippen LogP contribution in [0.15, 0.2) is 29.3 Å². The van der Waals surface area contributed by atoms with Gasteiger partial charge in [-0.3, -0.25) is 4.79 Å². The molecule has 0 radical (unpaired) electrons. The summed E-state index contributed by atoms with van der Waals surface area (Å²) in [5.41, 5.74) is 10.6. The number of carbonyl (C=O) groups is 1. The van der Waals surface area contributed by atoms with Crippen LogP contribution < -0.4 is 16.2 Å². The molecule has 5 heteroatoms. The Labute approximate surface area is 87.7 Å². The second kappa shape index (κ2) is 4.99. The number of ether oxygens (including phenoxy) is 1. The number of nitrogens with zero attached hydrogens (tertiary/aromatic N) is 1. The van der Waals surface area contributed by atoms with Gasteiger partial charge in [-0.2, -0.15) is 4.99 Å². The standard InChI is InChI=1S/C10H13N3O2/c1-2-15-8-5-3-4-7(6-8)9(14)13-10(11)12/h3-6H,2H2,1H3,(H4,11,12,13,14). The molecule has 1 aromatic rings. The second-order valence-electron chi connectivity index (χ2n) is 2.80. The van der Waals surface area contributed by atoms with Crippen LogP contribution in [0.5, 0.6) is 5.75 Å². The maximum Gasteiger partial charge on any atom is 0.280 e. The topological polar surface area (TPSA) is 90.7 Å². The van der Waals surface area contributed by atoms with E-state index < -0.39 is 5.91 Å². The van der Waals surface area contributed by atoms with Gasteiger partial charge in [-0.05, 0) is 25.1 Å². The van der Waals surface area contributed by atoms with Crippen molar-refractivity contribution >= 4 is 11.9 Å². The van der Waals surface area contributed by atoms with E-state index in [9.17, 15) is 4.79 Å². The van der Waals surface area contributed by atoms with Gasteiger partial charge in [-0.15, -0.1) is 0 Å². The molecular formula is C10H13N3O2. The lowest BCUT2D eigenvalue weighted by atomic mass is 10.2. The zero-order chi connectivity index (χ0) is 11.3. The van der Waals surface area contributed by atoms with Crippen LogP contribution in [-0.4, -0.2) is 18.5 Å². The minimum atomic E-state index is -0.475. The Morgan fingerprint density at radius 2 is 2.20 bits per heavy atom. The highest BCUT2D eigenvalue weighted by atomic mass is 16.5. The zero-order valence-electron chi connectivity index (χ0n) is 8.43. The van der Waals surface area contributed by atoms with Gasteiger partial charge in [0.05, 0.1) is 6.61 Å².